The molecule has 4 nitrogen and oxygen atoms in total. The zero-order chi connectivity index (χ0) is 15.8. The van der Waals surface area contributed by atoms with Gasteiger partial charge in [-0.3, -0.25) is 4.98 Å². The minimum absolute atomic E-state index is 0.369. The maximum absolute atomic E-state index is 11.4. The van der Waals surface area contributed by atoms with Crippen molar-refractivity contribution in [3.8, 4) is 5.75 Å². The molecule has 2 aliphatic rings. The van der Waals surface area contributed by atoms with Gasteiger partial charge in [0.05, 0.1) is 17.9 Å². The predicted octanol–water partition coefficient (Wildman–Crippen LogP) is 3.68. The van der Waals surface area contributed by atoms with Gasteiger partial charge in [0.1, 0.15) is 5.75 Å². The number of pyridine rings is 1. The Hall–Kier alpha value is -2.62. The quantitative estimate of drug-likeness (QED) is 0.940. The van der Waals surface area contributed by atoms with Crippen molar-refractivity contribution in [3.05, 3.63) is 64.5 Å². The molecule has 0 bridgehead atoms. The van der Waals surface area contributed by atoms with Crippen LogP contribution in [0.2, 0.25) is 0 Å². The summed E-state index contributed by atoms with van der Waals surface area (Å²) in [7, 11) is 0. The fourth-order valence-electron chi connectivity index (χ4n) is 3.57. The number of carboxylic acid groups (broad SMARTS) is 1. The average molecular weight is 307 g/mol. The van der Waals surface area contributed by atoms with Gasteiger partial charge in [-0.15, -0.1) is 0 Å². The highest BCUT2D eigenvalue weighted by Crippen LogP contribution is 2.39. The van der Waals surface area contributed by atoms with E-state index in [1.165, 1.54) is 11.1 Å². The molecule has 0 fully saturated rings. The van der Waals surface area contributed by atoms with Crippen molar-refractivity contribution in [1.29, 1.82) is 0 Å². The lowest BCUT2D eigenvalue weighted by atomic mass is 9.87. The lowest BCUT2D eigenvalue weighted by molar-refractivity contribution is 0.0695. The summed E-state index contributed by atoms with van der Waals surface area (Å²) in [6, 6.07) is 9.77. The summed E-state index contributed by atoms with van der Waals surface area (Å²) in [4.78, 5) is 15.7. The number of allylic oxidation sites excluding steroid dienone is 1. The monoisotopic (exact) mass is 307 g/mol. The van der Waals surface area contributed by atoms with E-state index >= 15 is 0 Å². The molecule has 1 unspecified atom stereocenters. The van der Waals surface area contributed by atoms with Crippen LogP contribution in [0.25, 0.3) is 6.08 Å². The van der Waals surface area contributed by atoms with E-state index < -0.39 is 5.97 Å². The normalized spacial score (nSPS) is 18.6. The SMILES string of the molecule is O=C(O)c1ccnc2c1CC(CC1CCOc3ccccc31)=C2. The first-order valence-corrected chi connectivity index (χ1v) is 7.84. The van der Waals surface area contributed by atoms with Gasteiger partial charge in [-0.25, -0.2) is 4.79 Å². The molecule has 1 aliphatic carbocycles. The Labute approximate surface area is 134 Å². The van der Waals surface area contributed by atoms with Gasteiger partial charge in [0, 0.05) is 6.20 Å². The van der Waals surface area contributed by atoms with Crippen LogP contribution < -0.4 is 4.74 Å². The van der Waals surface area contributed by atoms with Crippen LogP contribution in [0.3, 0.4) is 0 Å². The molecule has 4 rings (SSSR count). The number of hydrogen-bond donors (Lipinski definition) is 1. The zero-order valence-corrected chi connectivity index (χ0v) is 12.7. The fraction of sp³-hybridized carbons (Fsp3) is 0.263. The number of para-hydroxylation sites is 1. The molecule has 2 heterocycles. The lowest BCUT2D eigenvalue weighted by Crippen LogP contribution is -2.14. The summed E-state index contributed by atoms with van der Waals surface area (Å²) in [6.45, 7) is 0.737. The Morgan fingerprint density at radius 3 is 3.04 bits per heavy atom. The average Bonchev–Trinajstić information content (AvgIpc) is 2.97. The number of benzene rings is 1. The van der Waals surface area contributed by atoms with E-state index in [0.29, 0.717) is 17.9 Å². The maximum atomic E-state index is 11.4. The van der Waals surface area contributed by atoms with Gasteiger partial charge in [0.25, 0.3) is 0 Å². The fourth-order valence-corrected chi connectivity index (χ4v) is 3.57. The molecule has 1 N–H and O–H groups in total. The highest BCUT2D eigenvalue weighted by atomic mass is 16.5. The van der Waals surface area contributed by atoms with Crippen molar-refractivity contribution in [3.63, 3.8) is 0 Å². The van der Waals surface area contributed by atoms with Crippen LogP contribution in [-0.4, -0.2) is 22.7 Å². The lowest BCUT2D eigenvalue weighted by Gasteiger charge is -2.26. The molecule has 0 radical (unpaired) electrons. The van der Waals surface area contributed by atoms with Gasteiger partial charge in [0.15, 0.2) is 0 Å². The summed E-state index contributed by atoms with van der Waals surface area (Å²) in [5, 5.41) is 9.32. The third kappa shape index (κ3) is 2.50. The molecule has 0 amide bonds. The van der Waals surface area contributed by atoms with Crippen molar-refractivity contribution < 1.29 is 14.6 Å². The van der Waals surface area contributed by atoms with E-state index in [1.54, 1.807) is 12.3 Å². The molecule has 0 saturated carbocycles. The summed E-state index contributed by atoms with van der Waals surface area (Å²) in [5.41, 5.74) is 4.52. The number of carbonyl (C=O) groups is 1. The number of rotatable bonds is 3. The Morgan fingerprint density at radius 2 is 2.17 bits per heavy atom. The van der Waals surface area contributed by atoms with Gasteiger partial charge >= 0.3 is 5.97 Å². The molecule has 0 spiro atoms. The Kier molecular flexibility index (Phi) is 3.37. The second kappa shape index (κ2) is 5.54. The largest absolute Gasteiger partial charge is 0.493 e. The second-order valence-corrected chi connectivity index (χ2v) is 6.08. The standard InChI is InChI=1S/C19H17NO3/c21-19(22)15-5-7-20-17-11-12(10-16(15)17)9-13-6-8-23-18-4-2-1-3-14(13)18/h1-5,7,11,13H,6,8-10H2,(H,21,22). The number of hydrogen-bond acceptors (Lipinski definition) is 3. The number of ether oxygens (including phenoxy) is 1. The molecule has 4 heteroatoms. The highest BCUT2D eigenvalue weighted by molar-refractivity contribution is 5.91. The first-order valence-electron chi connectivity index (χ1n) is 7.84. The van der Waals surface area contributed by atoms with E-state index in [4.69, 9.17) is 4.74 Å². The highest BCUT2D eigenvalue weighted by Gasteiger charge is 2.26. The zero-order valence-electron chi connectivity index (χ0n) is 12.7. The smallest absolute Gasteiger partial charge is 0.336 e. The second-order valence-electron chi connectivity index (χ2n) is 6.08. The van der Waals surface area contributed by atoms with E-state index in [-0.39, 0.29) is 0 Å². The van der Waals surface area contributed by atoms with Crippen LogP contribution in [0.15, 0.2) is 42.1 Å². The molecule has 2 aromatic rings. The van der Waals surface area contributed by atoms with Gasteiger partial charge in [0.2, 0.25) is 0 Å². The van der Waals surface area contributed by atoms with Gasteiger partial charge in [-0.1, -0.05) is 23.8 Å². The number of aromatic nitrogens is 1. The molecular formula is C19H17NO3. The van der Waals surface area contributed by atoms with E-state index in [1.807, 2.05) is 18.2 Å². The topological polar surface area (TPSA) is 59.4 Å². The Morgan fingerprint density at radius 1 is 1.30 bits per heavy atom. The van der Waals surface area contributed by atoms with Crippen molar-refractivity contribution >= 4 is 12.0 Å². The Bertz CT molecular complexity index is 810. The third-order valence-electron chi connectivity index (χ3n) is 4.66. The maximum Gasteiger partial charge on any atom is 0.336 e. The van der Waals surface area contributed by atoms with Crippen molar-refractivity contribution in [2.24, 2.45) is 0 Å². The van der Waals surface area contributed by atoms with Crippen LogP contribution in [0.4, 0.5) is 0 Å². The van der Waals surface area contributed by atoms with E-state index in [2.05, 4.69) is 17.1 Å². The van der Waals surface area contributed by atoms with Gasteiger partial charge in [-0.2, -0.15) is 0 Å². The number of aromatic carboxylic acids is 1. The minimum atomic E-state index is -0.880. The minimum Gasteiger partial charge on any atom is -0.493 e. The number of carboxylic acids is 1. The van der Waals surface area contributed by atoms with E-state index in [9.17, 15) is 9.90 Å². The molecule has 116 valence electrons. The molecule has 1 atom stereocenters. The summed E-state index contributed by atoms with van der Waals surface area (Å²) in [5.74, 6) is 0.521. The first kappa shape index (κ1) is 14.0. The molecule has 23 heavy (non-hydrogen) atoms. The summed E-state index contributed by atoms with van der Waals surface area (Å²) < 4.78 is 5.72. The molecule has 0 saturated heterocycles. The third-order valence-corrected chi connectivity index (χ3v) is 4.66. The molecule has 1 aromatic carbocycles. The van der Waals surface area contributed by atoms with Crippen LogP contribution in [0.5, 0.6) is 5.75 Å². The summed E-state index contributed by atoms with van der Waals surface area (Å²) >= 11 is 0. The molecule has 1 aliphatic heterocycles. The van der Waals surface area contributed by atoms with Crippen molar-refractivity contribution in [2.45, 2.75) is 25.2 Å². The number of fused-ring (bicyclic) bond motifs is 2. The van der Waals surface area contributed by atoms with E-state index in [0.717, 1.165) is 36.5 Å². The van der Waals surface area contributed by atoms with Crippen molar-refractivity contribution in [2.75, 3.05) is 6.61 Å². The molecule has 1 aromatic heterocycles. The molecular weight excluding hydrogens is 290 g/mol. The van der Waals surface area contributed by atoms with Crippen molar-refractivity contribution in [1.82, 2.24) is 4.98 Å². The summed E-state index contributed by atoms with van der Waals surface area (Å²) in [6.07, 6.45) is 6.23. The van der Waals surface area contributed by atoms with Gasteiger partial charge < -0.3 is 9.84 Å². The first-order chi connectivity index (χ1) is 11.2. The number of nitrogens with zero attached hydrogens (tertiary/aromatic N) is 1. The van der Waals surface area contributed by atoms with Gasteiger partial charge in [-0.05, 0) is 54.5 Å². The van der Waals surface area contributed by atoms with Crippen LogP contribution in [0, 0.1) is 0 Å². The predicted molar refractivity (Wildman–Crippen MR) is 86.8 cm³/mol. The van der Waals surface area contributed by atoms with Crippen LogP contribution >= 0.6 is 0 Å². The van der Waals surface area contributed by atoms with Crippen LogP contribution in [0.1, 0.15) is 45.9 Å². The van der Waals surface area contributed by atoms with Crippen LogP contribution in [-0.2, 0) is 6.42 Å². The Balaban J connectivity index is 1.59.